The fraction of sp³-hybridized carbons (Fsp3) is 0.923. The third-order valence-electron chi connectivity index (χ3n) is 4.08. The van der Waals surface area contributed by atoms with Crippen LogP contribution in [0.15, 0.2) is 0 Å². The van der Waals surface area contributed by atoms with Crippen LogP contribution in [-0.2, 0) is 9.53 Å². The Labute approximate surface area is 109 Å². The fourth-order valence-electron chi connectivity index (χ4n) is 2.53. The Hall–Kier alpha value is -0.650. The third kappa shape index (κ3) is 3.22. The molecule has 0 aromatic heterocycles. The number of piperazine rings is 1. The van der Waals surface area contributed by atoms with Gasteiger partial charge in [-0.3, -0.25) is 9.69 Å². The summed E-state index contributed by atoms with van der Waals surface area (Å²) < 4.78 is 5.59. The highest BCUT2D eigenvalue weighted by Gasteiger charge is 2.33. The summed E-state index contributed by atoms with van der Waals surface area (Å²) in [5, 5.41) is 3.26. The van der Waals surface area contributed by atoms with Gasteiger partial charge < -0.3 is 15.0 Å². The van der Waals surface area contributed by atoms with Gasteiger partial charge in [-0.1, -0.05) is 0 Å². The lowest BCUT2D eigenvalue weighted by Gasteiger charge is -2.45. The van der Waals surface area contributed by atoms with E-state index in [0.717, 1.165) is 32.7 Å². The van der Waals surface area contributed by atoms with Crippen LogP contribution >= 0.6 is 0 Å². The maximum Gasteiger partial charge on any atom is 0.225 e. The van der Waals surface area contributed by atoms with Gasteiger partial charge in [0, 0.05) is 38.3 Å². The van der Waals surface area contributed by atoms with Crippen LogP contribution in [0.2, 0.25) is 0 Å². The lowest BCUT2D eigenvalue weighted by atomic mass is 9.99. The molecule has 0 saturated carbocycles. The van der Waals surface area contributed by atoms with Gasteiger partial charge in [0.1, 0.15) is 0 Å². The second-order valence-electron chi connectivity index (χ2n) is 5.95. The van der Waals surface area contributed by atoms with E-state index in [9.17, 15) is 4.79 Å². The topological polar surface area (TPSA) is 44.8 Å². The van der Waals surface area contributed by atoms with Crippen molar-refractivity contribution in [2.45, 2.75) is 31.9 Å². The molecule has 0 spiro atoms. The number of likely N-dealkylation sites (N-methyl/N-ethyl adjacent to an activating group) is 1. The van der Waals surface area contributed by atoms with E-state index in [2.05, 4.69) is 31.1 Å². The van der Waals surface area contributed by atoms with Crippen molar-refractivity contribution >= 4 is 5.91 Å². The molecule has 2 aliphatic heterocycles. The van der Waals surface area contributed by atoms with E-state index in [1.807, 2.05) is 4.90 Å². The molecule has 5 heteroatoms. The number of morpholine rings is 1. The van der Waals surface area contributed by atoms with Crippen molar-refractivity contribution in [3.05, 3.63) is 0 Å². The highest BCUT2D eigenvalue weighted by atomic mass is 16.5. The van der Waals surface area contributed by atoms with Crippen LogP contribution < -0.4 is 5.32 Å². The molecular weight excluding hydrogens is 230 g/mol. The largest absolute Gasteiger partial charge is 0.375 e. The predicted octanol–water partition coefficient (Wildman–Crippen LogP) is -0.0825. The van der Waals surface area contributed by atoms with Crippen molar-refractivity contribution in [2.24, 2.45) is 0 Å². The van der Waals surface area contributed by atoms with Gasteiger partial charge in [0.15, 0.2) is 0 Å². The number of amides is 1. The van der Waals surface area contributed by atoms with Gasteiger partial charge in [0.25, 0.3) is 0 Å². The average Bonchev–Trinajstić information content (AvgIpc) is 2.34. The first-order valence-electron chi connectivity index (χ1n) is 6.80. The fourth-order valence-corrected chi connectivity index (χ4v) is 2.53. The number of rotatable bonds is 2. The van der Waals surface area contributed by atoms with E-state index in [0.29, 0.717) is 13.0 Å². The van der Waals surface area contributed by atoms with Gasteiger partial charge in [-0.25, -0.2) is 0 Å². The predicted molar refractivity (Wildman–Crippen MR) is 70.5 cm³/mol. The second-order valence-corrected chi connectivity index (χ2v) is 5.95. The maximum absolute atomic E-state index is 12.3. The van der Waals surface area contributed by atoms with Crippen LogP contribution in [0.25, 0.3) is 0 Å². The summed E-state index contributed by atoms with van der Waals surface area (Å²) in [6.07, 6.45) is 0.557. The number of nitrogens with one attached hydrogen (secondary N) is 1. The molecular formula is C13H25N3O2. The molecule has 1 amide bonds. The van der Waals surface area contributed by atoms with E-state index in [1.54, 1.807) is 0 Å². The van der Waals surface area contributed by atoms with Gasteiger partial charge in [-0.2, -0.15) is 0 Å². The van der Waals surface area contributed by atoms with Crippen molar-refractivity contribution in [2.75, 3.05) is 46.4 Å². The summed E-state index contributed by atoms with van der Waals surface area (Å²) in [5.74, 6) is 0.227. The zero-order chi connectivity index (χ0) is 13.2. The maximum atomic E-state index is 12.3. The minimum atomic E-state index is 0.0500. The molecule has 0 aromatic rings. The lowest BCUT2D eigenvalue weighted by molar-refractivity contribution is -0.139. The van der Waals surface area contributed by atoms with Gasteiger partial charge in [0.2, 0.25) is 5.91 Å². The zero-order valence-corrected chi connectivity index (χ0v) is 11.7. The normalized spacial score (nSPS) is 29.3. The average molecular weight is 255 g/mol. The minimum absolute atomic E-state index is 0.0500. The molecule has 2 rings (SSSR count). The van der Waals surface area contributed by atoms with Crippen molar-refractivity contribution < 1.29 is 9.53 Å². The van der Waals surface area contributed by atoms with Crippen LogP contribution in [0.3, 0.4) is 0 Å². The Morgan fingerprint density at radius 2 is 2.22 bits per heavy atom. The summed E-state index contributed by atoms with van der Waals surface area (Å²) >= 11 is 0. The Morgan fingerprint density at radius 1 is 1.44 bits per heavy atom. The third-order valence-corrected chi connectivity index (χ3v) is 4.08. The Morgan fingerprint density at radius 3 is 2.83 bits per heavy atom. The summed E-state index contributed by atoms with van der Waals surface area (Å²) in [6, 6.07) is 0. The smallest absolute Gasteiger partial charge is 0.225 e. The quantitative estimate of drug-likeness (QED) is 0.749. The lowest BCUT2D eigenvalue weighted by Crippen LogP contribution is -2.59. The number of nitrogens with zero attached hydrogens (tertiary/aromatic N) is 2. The SMILES string of the molecule is CN1CCN(C(=O)CC2CNCCO2)CC1(C)C. The van der Waals surface area contributed by atoms with Crippen LogP contribution in [0, 0.1) is 0 Å². The molecule has 1 N–H and O–H groups in total. The van der Waals surface area contributed by atoms with E-state index < -0.39 is 0 Å². The number of hydrogen-bond acceptors (Lipinski definition) is 4. The first kappa shape index (κ1) is 13.8. The van der Waals surface area contributed by atoms with Crippen LogP contribution in [0.5, 0.6) is 0 Å². The van der Waals surface area contributed by atoms with Gasteiger partial charge in [0.05, 0.1) is 19.1 Å². The first-order valence-corrected chi connectivity index (χ1v) is 6.80. The molecule has 0 bridgehead atoms. The Balaban J connectivity index is 1.85. The molecule has 1 atom stereocenters. The van der Waals surface area contributed by atoms with Crippen molar-refractivity contribution in [3.63, 3.8) is 0 Å². The first-order chi connectivity index (χ1) is 8.49. The van der Waals surface area contributed by atoms with Crippen LogP contribution in [0.4, 0.5) is 0 Å². The molecule has 1 unspecified atom stereocenters. The van der Waals surface area contributed by atoms with E-state index >= 15 is 0 Å². The van der Waals surface area contributed by atoms with Crippen molar-refractivity contribution in [3.8, 4) is 0 Å². The molecule has 0 aromatic carbocycles. The Bertz CT molecular complexity index is 301. The molecule has 2 heterocycles. The number of ether oxygens (including phenoxy) is 1. The van der Waals surface area contributed by atoms with E-state index in [4.69, 9.17) is 4.74 Å². The van der Waals surface area contributed by atoms with Crippen LogP contribution in [0.1, 0.15) is 20.3 Å². The highest BCUT2D eigenvalue weighted by Crippen LogP contribution is 2.19. The molecule has 2 saturated heterocycles. The summed E-state index contributed by atoms with van der Waals surface area (Å²) in [6.45, 7) is 9.36. The standard InChI is InChI=1S/C13H25N3O2/c1-13(2)10-16(6-5-15(13)3)12(17)8-11-9-14-4-7-18-11/h11,14H,4-10H2,1-3H3. The monoisotopic (exact) mass is 255 g/mol. The Kier molecular flexibility index (Phi) is 4.25. The molecule has 5 nitrogen and oxygen atoms in total. The summed E-state index contributed by atoms with van der Waals surface area (Å²) in [4.78, 5) is 16.6. The number of carbonyl (C=O) groups is 1. The van der Waals surface area contributed by atoms with E-state index in [1.165, 1.54) is 0 Å². The van der Waals surface area contributed by atoms with E-state index in [-0.39, 0.29) is 17.6 Å². The minimum Gasteiger partial charge on any atom is -0.375 e. The number of carbonyl (C=O) groups excluding carboxylic acids is 1. The highest BCUT2D eigenvalue weighted by molar-refractivity contribution is 5.77. The molecule has 2 aliphatic rings. The van der Waals surface area contributed by atoms with Crippen molar-refractivity contribution in [1.82, 2.24) is 15.1 Å². The van der Waals surface area contributed by atoms with Gasteiger partial charge in [-0.05, 0) is 20.9 Å². The van der Waals surface area contributed by atoms with Crippen molar-refractivity contribution in [1.29, 1.82) is 0 Å². The van der Waals surface area contributed by atoms with Crippen LogP contribution in [-0.4, -0.2) is 73.7 Å². The molecule has 104 valence electrons. The molecule has 18 heavy (non-hydrogen) atoms. The second kappa shape index (κ2) is 5.55. The molecule has 0 aliphatic carbocycles. The molecule has 2 fully saturated rings. The summed E-state index contributed by atoms with van der Waals surface area (Å²) in [7, 11) is 2.12. The van der Waals surface area contributed by atoms with Gasteiger partial charge in [-0.15, -0.1) is 0 Å². The summed E-state index contributed by atoms with van der Waals surface area (Å²) in [5.41, 5.74) is 0.0690. The van der Waals surface area contributed by atoms with Gasteiger partial charge >= 0.3 is 0 Å². The zero-order valence-electron chi connectivity index (χ0n) is 11.7. The number of hydrogen-bond donors (Lipinski definition) is 1. The molecule has 0 radical (unpaired) electrons.